The van der Waals surface area contributed by atoms with Crippen LogP contribution in [0, 0.1) is 11.6 Å². The second kappa shape index (κ2) is 6.86. The van der Waals surface area contributed by atoms with E-state index in [9.17, 15) is 13.6 Å². The lowest BCUT2D eigenvalue weighted by Crippen LogP contribution is -2.07. The summed E-state index contributed by atoms with van der Waals surface area (Å²) in [4.78, 5) is 12.5. The van der Waals surface area contributed by atoms with Crippen molar-refractivity contribution in [2.24, 2.45) is 0 Å². The van der Waals surface area contributed by atoms with Gasteiger partial charge in [0.1, 0.15) is 17.4 Å². The molecule has 0 aliphatic heterocycles. The molecule has 0 bridgehead atoms. The number of carbonyl (C=O) groups is 1. The molecule has 1 nitrogen and oxygen atoms in total. The fourth-order valence-corrected chi connectivity index (χ4v) is 2.66. The number of halogens is 3. The quantitative estimate of drug-likeness (QED) is 0.755. The van der Waals surface area contributed by atoms with Crippen molar-refractivity contribution in [1.82, 2.24) is 0 Å². The third-order valence-electron chi connectivity index (χ3n) is 2.62. The Balaban J connectivity index is 1.94. The van der Waals surface area contributed by atoms with Gasteiger partial charge in [0.2, 0.25) is 0 Å². The van der Waals surface area contributed by atoms with Crippen LogP contribution in [0.15, 0.2) is 47.4 Å². The molecule has 5 heteroatoms. The number of thioether (sulfide) groups is 1. The van der Waals surface area contributed by atoms with Gasteiger partial charge in [-0.1, -0.05) is 29.8 Å². The Kier molecular flexibility index (Phi) is 5.15. The summed E-state index contributed by atoms with van der Waals surface area (Å²) < 4.78 is 26.6. The van der Waals surface area contributed by atoms with Crippen LogP contribution in [0.2, 0.25) is 5.02 Å². The van der Waals surface area contributed by atoms with Crippen LogP contribution in [0.4, 0.5) is 8.78 Å². The van der Waals surface area contributed by atoms with Crippen LogP contribution in [0.25, 0.3) is 0 Å². The van der Waals surface area contributed by atoms with Crippen LogP contribution in [0.5, 0.6) is 0 Å². The van der Waals surface area contributed by atoms with E-state index in [2.05, 4.69) is 0 Å². The van der Waals surface area contributed by atoms with E-state index in [1.54, 1.807) is 18.2 Å². The maximum atomic E-state index is 13.6. The van der Waals surface area contributed by atoms with E-state index in [0.29, 0.717) is 4.90 Å². The Bertz CT molecular complexity index is 631. The van der Waals surface area contributed by atoms with Crippen LogP contribution in [0.3, 0.4) is 0 Å². The molecular formula is C15H11ClF2OS. The highest BCUT2D eigenvalue weighted by Gasteiger charge is 2.11. The molecule has 0 aromatic heterocycles. The van der Waals surface area contributed by atoms with Gasteiger partial charge in [0.15, 0.2) is 0 Å². The van der Waals surface area contributed by atoms with Gasteiger partial charge in [-0.3, -0.25) is 4.79 Å². The highest BCUT2D eigenvalue weighted by atomic mass is 35.5. The fraction of sp³-hybridized carbons (Fsp3) is 0.133. The minimum Gasteiger partial charge on any atom is -0.298 e. The van der Waals surface area contributed by atoms with Crippen molar-refractivity contribution in [3.63, 3.8) is 0 Å². The van der Waals surface area contributed by atoms with Crippen molar-refractivity contribution in [2.45, 2.75) is 11.3 Å². The Labute approximate surface area is 125 Å². The smallest absolute Gasteiger partial charge is 0.147 e. The molecule has 2 rings (SSSR count). The molecule has 0 N–H and O–H groups in total. The molecule has 0 radical (unpaired) electrons. The van der Waals surface area contributed by atoms with Gasteiger partial charge in [0.05, 0.1) is 10.8 Å². The van der Waals surface area contributed by atoms with Gasteiger partial charge in [-0.2, -0.15) is 0 Å². The average Bonchev–Trinajstić information content (AvgIpc) is 2.42. The number of benzene rings is 2. The van der Waals surface area contributed by atoms with Crippen LogP contribution >= 0.6 is 23.4 Å². The van der Waals surface area contributed by atoms with Crippen LogP contribution in [0.1, 0.15) is 5.56 Å². The van der Waals surface area contributed by atoms with E-state index in [1.165, 1.54) is 36.0 Å². The number of hydrogen-bond acceptors (Lipinski definition) is 2. The zero-order chi connectivity index (χ0) is 14.5. The first-order valence-corrected chi connectivity index (χ1v) is 7.25. The molecular weight excluding hydrogens is 302 g/mol. The minimum atomic E-state index is -0.557. The van der Waals surface area contributed by atoms with E-state index >= 15 is 0 Å². The molecule has 0 fully saturated rings. The summed E-state index contributed by atoms with van der Waals surface area (Å²) in [6.45, 7) is 0. The second-order valence-corrected chi connectivity index (χ2v) is 5.63. The third kappa shape index (κ3) is 4.05. The molecule has 2 aromatic carbocycles. The minimum absolute atomic E-state index is 0.00748. The topological polar surface area (TPSA) is 17.1 Å². The first-order chi connectivity index (χ1) is 9.56. The predicted molar refractivity (Wildman–Crippen MR) is 77.2 cm³/mol. The van der Waals surface area contributed by atoms with Crippen molar-refractivity contribution in [1.29, 1.82) is 0 Å². The summed E-state index contributed by atoms with van der Waals surface area (Å²) >= 11 is 6.88. The molecule has 0 atom stereocenters. The normalized spacial score (nSPS) is 10.6. The highest BCUT2D eigenvalue weighted by molar-refractivity contribution is 8.00. The lowest BCUT2D eigenvalue weighted by Gasteiger charge is -2.04. The predicted octanol–water partition coefficient (Wildman–Crippen LogP) is 4.52. The van der Waals surface area contributed by atoms with Gasteiger partial charge >= 0.3 is 0 Å². The standard InChI is InChI=1S/C15H11ClF2OS/c16-14-6-1-3-10(15(14)18)7-12(19)9-20-13-5-2-4-11(17)8-13/h1-6,8H,7,9H2. The third-order valence-corrected chi connectivity index (χ3v) is 3.96. The number of ketones is 1. The lowest BCUT2D eigenvalue weighted by molar-refractivity contribution is -0.116. The molecule has 0 amide bonds. The van der Waals surface area contributed by atoms with Gasteiger partial charge < -0.3 is 0 Å². The van der Waals surface area contributed by atoms with E-state index in [4.69, 9.17) is 11.6 Å². The maximum absolute atomic E-state index is 13.6. The van der Waals surface area contributed by atoms with Crippen LogP contribution in [-0.4, -0.2) is 11.5 Å². The van der Waals surface area contributed by atoms with Gasteiger partial charge in [-0.15, -0.1) is 11.8 Å². The molecule has 2 aromatic rings. The molecule has 0 unspecified atom stereocenters. The Morgan fingerprint density at radius 1 is 1.15 bits per heavy atom. The number of rotatable bonds is 5. The first kappa shape index (κ1) is 15.0. The summed E-state index contributed by atoms with van der Waals surface area (Å²) in [7, 11) is 0. The van der Waals surface area contributed by atoms with Gasteiger partial charge in [0.25, 0.3) is 0 Å². The summed E-state index contributed by atoms with van der Waals surface area (Å²) in [5.74, 6) is -0.878. The summed E-state index contributed by atoms with van der Waals surface area (Å²) in [6.07, 6.45) is -0.0191. The zero-order valence-corrected chi connectivity index (χ0v) is 12.0. The van der Waals surface area contributed by atoms with Crippen molar-refractivity contribution in [3.05, 3.63) is 64.7 Å². The Morgan fingerprint density at radius 2 is 1.90 bits per heavy atom. The van der Waals surface area contributed by atoms with E-state index < -0.39 is 5.82 Å². The second-order valence-electron chi connectivity index (χ2n) is 4.17. The van der Waals surface area contributed by atoms with E-state index in [1.807, 2.05) is 0 Å². The lowest BCUT2D eigenvalue weighted by atomic mass is 10.1. The van der Waals surface area contributed by atoms with Gasteiger partial charge in [0, 0.05) is 11.3 Å². The monoisotopic (exact) mass is 312 g/mol. The van der Waals surface area contributed by atoms with Gasteiger partial charge in [-0.05, 0) is 29.8 Å². The number of hydrogen-bond donors (Lipinski definition) is 0. The number of Topliss-reactive ketones (excluding diaryl/α,β-unsaturated/α-hetero) is 1. The molecule has 20 heavy (non-hydrogen) atoms. The summed E-state index contributed by atoms with van der Waals surface area (Å²) in [6, 6.07) is 10.6. The van der Waals surface area contributed by atoms with E-state index in [0.717, 1.165) is 0 Å². The first-order valence-electron chi connectivity index (χ1n) is 5.89. The van der Waals surface area contributed by atoms with Crippen molar-refractivity contribution >= 4 is 29.1 Å². The zero-order valence-electron chi connectivity index (χ0n) is 10.4. The van der Waals surface area contributed by atoms with Crippen molar-refractivity contribution < 1.29 is 13.6 Å². The molecule has 0 saturated carbocycles. The highest BCUT2D eigenvalue weighted by Crippen LogP contribution is 2.21. The van der Waals surface area contributed by atoms with Gasteiger partial charge in [-0.25, -0.2) is 8.78 Å². The maximum Gasteiger partial charge on any atom is 0.147 e. The Morgan fingerprint density at radius 3 is 2.65 bits per heavy atom. The molecule has 104 valence electrons. The molecule has 0 aliphatic carbocycles. The molecule has 0 heterocycles. The van der Waals surface area contributed by atoms with E-state index in [-0.39, 0.29) is 34.4 Å². The summed E-state index contributed by atoms with van der Waals surface area (Å²) in [5.41, 5.74) is 0.280. The largest absolute Gasteiger partial charge is 0.298 e. The van der Waals surface area contributed by atoms with Crippen LogP contribution < -0.4 is 0 Å². The molecule has 0 saturated heterocycles. The Hall–Kier alpha value is -1.39. The molecule has 0 aliphatic rings. The SMILES string of the molecule is O=C(CSc1cccc(F)c1)Cc1cccc(Cl)c1F. The molecule has 0 spiro atoms. The fourth-order valence-electron chi connectivity index (χ4n) is 1.67. The van der Waals surface area contributed by atoms with Crippen molar-refractivity contribution in [2.75, 3.05) is 5.75 Å². The van der Waals surface area contributed by atoms with Crippen LogP contribution in [-0.2, 0) is 11.2 Å². The average molecular weight is 313 g/mol. The van der Waals surface area contributed by atoms with Crippen molar-refractivity contribution in [3.8, 4) is 0 Å². The number of carbonyl (C=O) groups excluding carboxylic acids is 1. The summed E-state index contributed by atoms with van der Waals surface area (Å²) in [5, 5.41) is 0.00748.